The Hall–Kier alpha value is -1.65. The zero-order chi connectivity index (χ0) is 20.3. The Balaban J connectivity index is 1.33. The number of carbonyl (C=O) groups is 1. The van der Waals surface area contributed by atoms with Crippen LogP contribution in [0.1, 0.15) is 75.8 Å². The van der Waals surface area contributed by atoms with Crippen molar-refractivity contribution in [2.45, 2.75) is 76.4 Å². The molecule has 0 aromatic heterocycles. The van der Waals surface area contributed by atoms with E-state index in [1.807, 2.05) is 6.92 Å². The Labute approximate surface area is 174 Å². The van der Waals surface area contributed by atoms with E-state index < -0.39 is 5.60 Å². The molecule has 3 fully saturated rings. The van der Waals surface area contributed by atoms with Gasteiger partial charge in [0.05, 0.1) is 18.1 Å². The van der Waals surface area contributed by atoms with Gasteiger partial charge >= 0.3 is 5.97 Å². The summed E-state index contributed by atoms with van der Waals surface area (Å²) in [5, 5.41) is 11.1. The second-order valence-corrected chi connectivity index (χ2v) is 9.10. The summed E-state index contributed by atoms with van der Waals surface area (Å²) in [5.74, 6) is -0.176. The molecular weight excluding hydrogens is 362 g/mol. The molecular formula is C25H35NO3. The van der Waals surface area contributed by atoms with Crippen molar-refractivity contribution in [3.05, 3.63) is 41.0 Å². The molecule has 0 radical (unpaired) electrons. The number of hydrogen-bond acceptors (Lipinski definition) is 4. The minimum absolute atomic E-state index is 0.0648. The van der Waals surface area contributed by atoms with Crippen LogP contribution in [-0.4, -0.2) is 41.7 Å². The molecule has 1 aliphatic heterocycles. The van der Waals surface area contributed by atoms with Gasteiger partial charge in [-0.05, 0) is 69.4 Å². The number of rotatable bonds is 5. The zero-order valence-corrected chi connectivity index (χ0v) is 17.7. The van der Waals surface area contributed by atoms with Gasteiger partial charge in [-0.2, -0.15) is 0 Å². The Morgan fingerprint density at radius 1 is 1.14 bits per heavy atom. The summed E-state index contributed by atoms with van der Waals surface area (Å²) in [4.78, 5) is 14.6. The van der Waals surface area contributed by atoms with E-state index in [9.17, 15) is 9.90 Å². The standard InChI is InChI=1S/C25H35NO3/c1-2-29-24(27)21-10-14-25(28,15-11-21)22-8-6-19(7-9-22)18-20-12-16-26(17-13-20)23-4-3-5-23/h6-9,18,21,23,28H,2-5,10-17H2,1H3. The summed E-state index contributed by atoms with van der Waals surface area (Å²) in [6.07, 6.45) is 11.5. The van der Waals surface area contributed by atoms with Crippen molar-refractivity contribution >= 4 is 12.0 Å². The lowest BCUT2D eigenvalue weighted by Gasteiger charge is -2.40. The van der Waals surface area contributed by atoms with E-state index in [2.05, 4.69) is 35.2 Å². The number of ether oxygens (including phenoxy) is 1. The number of esters is 1. The minimum Gasteiger partial charge on any atom is -0.466 e. The largest absolute Gasteiger partial charge is 0.466 e. The van der Waals surface area contributed by atoms with Gasteiger partial charge in [-0.1, -0.05) is 42.3 Å². The number of benzene rings is 1. The molecule has 1 N–H and O–H groups in total. The SMILES string of the molecule is CCOC(=O)C1CCC(O)(c2ccc(C=C3CCN(C4CCC4)CC3)cc2)CC1. The molecule has 0 bridgehead atoms. The molecule has 0 spiro atoms. The molecule has 2 aliphatic carbocycles. The van der Waals surface area contributed by atoms with Crippen LogP contribution in [0.3, 0.4) is 0 Å². The monoisotopic (exact) mass is 397 g/mol. The van der Waals surface area contributed by atoms with E-state index in [4.69, 9.17) is 4.74 Å². The molecule has 0 unspecified atom stereocenters. The summed E-state index contributed by atoms with van der Waals surface area (Å²) in [7, 11) is 0. The Kier molecular flexibility index (Phi) is 6.41. The Bertz CT molecular complexity index is 717. The van der Waals surface area contributed by atoms with Crippen LogP contribution in [-0.2, 0) is 15.1 Å². The van der Waals surface area contributed by atoms with Crippen LogP contribution in [0.15, 0.2) is 29.8 Å². The highest BCUT2D eigenvalue weighted by molar-refractivity contribution is 5.72. The maximum Gasteiger partial charge on any atom is 0.308 e. The second kappa shape index (κ2) is 9.01. The maximum absolute atomic E-state index is 11.9. The number of hydrogen-bond donors (Lipinski definition) is 1. The van der Waals surface area contributed by atoms with Gasteiger partial charge in [-0.25, -0.2) is 0 Å². The van der Waals surface area contributed by atoms with Crippen molar-refractivity contribution in [3.63, 3.8) is 0 Å². The number of carbonyl (C=O) groups excluding carboxylic acids is 1. The topological polar surface area (TPSA) is 49.8 Å². The fraction of sp³-hybridized carbons (Fsp3) is 0.640. The maximum atomic E-state index is 11.9. The first kappa shape index (κ1) is 20.6. The highest BCUT2D eigenvalue weighted by Crippen LogP contribution is 2.40. The summed E-state index contributed by atoms with van der Waals surface area (Å²) >= 11 is 0. The second-order valence-electron chi connectivity index (χ2n) is 9.10. The van der Waals surface area contributed by atoms with Crippen LogP contribution >= 0.6 is 0 Å². The van der Waals surface area contributed by atoms with E-state index in [1.54, 1.807) is 5.57 Å². The van der Waals surface area contributed by atoms with Gasteiger partial charge in [0.1, 0.15) is 0 Å². The summed E-state index contributed by atoms with van der Waals surface area (Å²) in [5.41, 5.74) is 2.93. The van der Waals surface area contributed by atoms with Crippen molar-refractivity contribution in [1.82, 2.24) is 4.90 Å². The normalized spacial score (nSPS) is 28.6. The third kappa shape index (κ3) is 4.75. The smallest absolute Gasteiger partial charge is 0.308 e. The first-order valence-corrected chi connectivity index (χ1v) is 11.5. The first-order chi connectivity index (χ1) is 14.1. The third-order valence-corrected chi connectivity index (χ3v) is 7.28. The van der Waals surface area contributed by atoms with E-state index in [0.29, 0.717) is 32.3 Å². The minimum atomic E-state index is -0.817. The van der Waals surface area contributed by atoms with Crippen molar-refractivity contribution in [2.24, 2.45) is 5.92 Å². The van der Waals surface area contributed by atoms with Crippen LogP contribution in [0.2, 0.25) is 0 Å². The van der Waals surface area contributed by atoms with Gasteiger partial charge in [0.15, 0.2) is 0 Å². The van der Waals surface area contributed by atoms with Gasteiger partial charge in [-0.15, -0.1) is 0 Å². The highest BCUT2D eigenvalue weighted by atomic mass is 16.5. The lowest BCUT2D eigenvalue weighted by Crippen LogP contribution is -2.43. The average Bonchev–Trinajstić information content (AvgIpc) is 2.69. The molecule has 158 valence electrons. The molecule has 4 nitrogen and oxygen atoms in total. The Morgan fingerprint density at radius 3 is 2.34 bits per heavy atom. The van der Waals surface area contributed by atoms with Gasteiger partial charge in [0.2, 0.25) is 0 Å². The molecule has 1 saturated heterocycles. The van der Waals surface area contributed by atoms with Crippen LogP contribution in [0.5, 0.6) is 0 Å². The molecule has 1 aromatic carbocycles. The van der Waals surface area contributed by atoms with Crippen LogP contribution < -0.4 is 0 Å². The van der Waals surface area contributed by atoms with Crippen molar-refractivity contribution < 1.29 is 14.6 Å². The summed E-state index contributed by atoms with van der Waals surface area (Å²) < 4.78 is 5.14. The van der Waals surface area contributed by atoms with Crippen LogP contribution in [0.25, 0.3) is 6.08 Å². The third-order valence-electron chi connectivity index (χ3n) is 7.28. The van der Waals surface area contributed by atoms with Crippen molar-refractivity contribution in [3.8, 4) is 0 Å². The summed E-state index contributed by atoms with van der Waals surface area (Å²) in [6.45, 7) is 4.67. The van der Waals surface area contributed by atoms with E-state index >= 15 is 0 Å². The van der Waals surface area contributed by atoms with Gasteiger partial charge in [-0.3, -0.25) is 9.69 Å². The molecule has 1 heterocycles. The summed E-state index contributed by atoms with van der Waals surface area (Å²) in [6, 6.07) is 9.27. The number of aliphatic hydroxyl groups is 1. The molecule has 0 atom stereocenters. The molecule has 4 rings (SSSR count). The zero-order valence-electron chi connectivity index (χ0n) is 17.7. The predicted octanol–water partition coefficient (Wildman–Crippen LogP) is 4.66. The fourth-order valence-corrected chi connectivity index (χ4v) is 5.08. The Morgan fingerprint density at radius 2 is 1.79 bits per heavy atom. The van der Waals surface area contributed by atoms with Gasteiger partial charge in [0, 0.05) is 19.1 Å². The lowest BCUT2D eigenvalue weighted by molar-refractivity contribution is -0.151. The molecule has 4 heteroatoms. The van der Waals surface area contributed by atoms with Gasteiger partial charge < -0.3 is 9.84 Å². The van der Waals surface area contributed by atoms with E-state index in [-0.39, 0.29) is 11.9 Å². The average molecular weight is 398 g/mol. The van der Waals surface area contributed by atoms with E-state index in [0.717, 1.165) is 11.6 Å². The molecule has 3 aliphatic rings. The number of nitrogens with zero attached hydrogens (tertiary/aromatic N) is 1. The molecule has 1 aromatic rings. The van der Waals surface area contributed by atoms with Crippen LogP contribution in [0.4, 0.5) is 0 Å². The first-order valence-electron chi connectivity index (χ1n) is 11.5. The predicted molar refractivity (Wildman–Crippen MR) is 115 cm³/mol. The lowest BCUT2D eigenvalue weighted by atomic mass is 9.75. The van der Waals surface area contributed by atoms with E-state index in [1.165, 1.54) is 50.8 Å². The molecule has 29 heavy (non-hydrogen) atoms. The quantitative estimate of drug-likeness (QED) is 0.734. The molecule has 0 amide bonds. The molecule has 2 saturated carbocycles. The fourth-order valence-electron chi connectivity index (χ4n) is 5.08. The van der Waals surface area contributed by atoms with Crippen LogP contribution in [0, 0.1) is 5.92 Å². The van der Waals surface area contributed by atoms with Gasteiger partial charge in [0.25, 0.3) is 0 Å². The highest BCUT2D eigenvalue weighted by Gasteiger charge is 2.37. The van der Waals surface area contributed by atoms with Crippen molar-refractivity contribution in [1.29, 1.82) is 0 Å². The van der Waals surface area contributed by atoms with Crippen molar-refractivity contribution in [2.75, 3.05) is 19.7 Å². The number of likely N-dealkylation sites (tertiary alicyclic amines) is 1. The number of piperidine rings is 1.